The standard InChI is InChI=1S/C25H29N9O3.Na/c1-35-15-16-36-19-6-4-18(5-7-19)32-11-8-31(9-12-32)10-13-33-23-20(17-27-33)24-28-22(21-3-2-14-37-21)30-34(24)25(26)29-23;/h2-7,14,17H,8-13,15-16H2,1H3,(H2,26,29);/q;+1. The van der Waals surface area contributed by atoms with Crippen molar-refractivity contribution in [1.82, 2.24) is 34.3 Å². The Morgan fingerprint density at radius 1 is 0.974 bits per heavy atom. The quantitative estimate of drug-likeness (QED) is 0.192. The summed E-state index contributed by atoms with van der Waals surface area (Å²) in [6.07, 6.45) is 3.37. The SMILES string of the molecule is COCCOc1ccc(N2CCN(CCn3ncc4c3nc(N)n3nc(-c5ccco5)nc43)CC2)cc1.[Na+]. The van der Waals surface area contributed by atoms with Crippen molar-refractivity contribution in [3.63, 3.8) is 0 Å². The molecule has 0 amide bonds. The molecule has 0 atom stereocenters. The third kappa shape index (κ3) is 5.36. The summed E-state index contributed by atoms with van der Waals surface area (Å²) in [6.45, 7) is 6.59. The second kappa shape index (κ2) is 11.7. The number of fused-ring (bicyclic) bond motifs is 3. The van der Waals surface area contributed by atoms with Crippen LogP contribution in [0.5, 0.6) is 5.75 Å². The van der Waals surface area contributed by atoms with Crippen LogP contribution in [0.4, 0.5) is 11.6 Å². The van der Waals surface area contributed by atoms with Gasteiger partial charge in [0.1, 0.15) is 12.4 Å². The predicted octanol–water partition coefficient (Wildman–Crippen LogP) is -0.832. The summed E-state index contributed by atoms with van der Waals surface area (Å²) >= 11 is 0. The maximum absolute atomic E-state index is 6.21. The molecule has 0 unspecified atom stereocenters. The minimum absolute atomic E-state index is 0. The van der Waals surface area contributed by atoms with E-state index in [-0.39, 0.29) is 35.5 Å². The Kier molecular flexibility index (Phi) is 8.15. The molecule has 0 saturated carbocycles. The molecule has 4 aromatic heterocycles. The molecular formula is C25H29N9NaO3+. The fraction of sp³-hybridized carbons (Fsp3) is 0.360. The molecule has 1 aromatic carbocycles. The zero-order valence-electron chi connectivity index (χ0n) is 21.7. The Balaban J connectivity index is 0.00000294. The fourth-order valence-electron chi connectivity index (χ4n) is 4.59. The molecule has 6 rings (SSSR count). The van der Waals surface area contributed by atoms with Gasteiger partial charge >= 0.3 is 29.6 Å². The van der Waals surface area contributed by atoms with E-state index in [0.29, 0.717) is 42.6 Å². The number of methoxy groups -OCH3 is 1. The van der Waals surface area contributed by atoms with Gasteiger partial charge < -0.3 is 24.5 Å². The Morgan fingerprint density at radius 2 is 1.79 bits per heavy atom. The van der Waals surface area contributed by atoms with Crippen LogP contribution in [0, 0.1) is 0 Å². The van der Waals surface area contributed by atoms with E-state index in [2.05, 4.69) is 42.1 Å². The van der Waals surface area contributed by atoms with Gasteiger partial charge in [0.15, 0.2) is 17.1 Å². The fourth-order valence-corrected chi connectivity index (χ4v) is 4.59. The number of nitrogens with zero attached hydrogens (tertiary/aromatic N) is 8. The van der Waals surface area contributed by atoms with Crippen LogP contribution >= 0.6 is 0 Å². The molecule has 5 aromatic rings. The predicted molar refractivity (Wildman–Crippen MR) is 139 cm³/mol. The van der Waals surface area contributed by atoms with E-state index < -0.39 is 0 Å². The number of furan rings is 1. The number of aromatic nitrogens is 6. The van der Waals surface area contributed by atoms with Crippen molar-refractivity contribution in [1.29, 1.82) is 0 Å². The van der Waals surface area contributed by atoms with Gasteiger partial charge in [-0.2, -0.15) is 14.6 Å². The second-order valence-corrected chi connectivity index (χ2v) is 8.89. The molecule has 0 aliphatic carbocycles. The number of nitrogen functional groups attached to an aromatic ring is 1. The molecule has 1 aliphatic rings. The number of hydrogen-bond acceptors (Lipinski definition) is 10. The molecule has 0 bridgehead atoms. The molecule has 0 radical (unpaired) electrons. The molecule has 13 heteroatoms. The second-order valence-electron chi connectivity index (χ2n) is 8.89. The van der Waals surface area contributed by atoms with Crippen molar-refractivity contribution in [2.75, 3.05) is 63.7 Å². The van der Waals surface area contributed by atoms with Gasteiger partial charge in [-0.25, -0.2) is 9.67 Å². The molecule has 2 N–H and O–H groups in total. The Morgan fingerprint density at radius 3 is 2.53 bits per heavy atom. The van der Waals surface area contributed by atoms with Crippen LogP contribution in [0.15, 0.2) is 53.3 Å². The van der Waals surface area contributed by atoms with Gasteiger partial charge in [-0.05, 0) is 36.4 Å². The van der Waals surface area contributed by atoms with E-state index in [1.165, 1.54) is 10.2 Å². The van der Waals surface area contributed by atoms with Crippen molar-refractivity contribution in [2.45, 2.75) is 6.54 Å². The zero-order valence-corrected chi connectivity index (χ0v) is 23.7. The molecule has 0 spiro atoms. The van der Waals surface area contributed by atoms with E-state index in [0.717, 1.165) is 43.9 Å². The Hall–Kier alpha value is -3.16. The number of anilines is 2. The molecule has 1 saturated heterocycles. The van der Waals surface area contributed by atoms with Crippen molar-refractivity contribution >= 4 is 28.3 Å². The first kappa shape index (κ1) is 26.4. The van der Waals surface area contributed by atoms with Gasteiger partial charge in [0.2, 0.25) is 11.8 Å². The Labute approximate surface area is 241 Å². The van der Waals surface area contributed by atoms with Crippen molar-refractivity contribution in [3.05, 3.63) is 48.9 Å². The van der Waals surface area contributed by atoms with Crippen LogP contribution in [-0.2, 0) is 11.3 Å². The molecule has 1 aliphatic heterocycles. The van der Waals surface area contributed by atoms with E-state index in [1.54, 1.807) is 25.6 Å². The maximum atomic E-state index is 6.21. The number of hydrogen-bond donors (Lipinski definition) is 1. The number of nitrogens with two attached hydrogens (primary N) is 1. The summed E-state index contributed by atoms with van der Waals surface area (Å²) in [6, 6.07) is 11.9. The number of benzene rings is 1. The largest absolute Gasteiger partial charge is 1.00 e. The summed E-state index contributed by atoms with van der Waals surface area (Å²) in [5.41, 5.74) is 8.74. The van der Waals surface area contributed by atoms with E-state index in [4.69, 9.17) is 19.6 Å². The molecule has 1 fully saturated rings. The van der Waals surface area contributed by atoms with Gasteiger partial charge in [0, 0.05) is 45.5 Å². The molecule has 38 heavy (non-hydrogen) atoms. The summed E-state index contributed by atoms with van der Waals surface area (Å²) in [7, 11) is 1.67. The van der Waals surface area contributed by atoms with Crippen LogP contribution in [0.2, 0.25) is 0 Å². The zero-order chi connectivity index (χ0) is 25.2. The monoisotopic (exact) mass is 526 g/mol. The average Bonchev–Trinajstić information content (AvgIpc) is 3.68. The van der Waals surface area contributed by atoms with E-state index in [1.807, 2.05) is 22.9 Å². The molecule has 192 valence electrons. The smallest absolute Gasteiger partial charge is 0.491 e. The third-order valence-corrected chi connectivity index (χ3v) is 6.60. The number of ether oxygens (including phenoxy) is 2. The van der Waals surface area contributed by atoms with Gasteiger partial charge in [-0.1, -0.05) is 0 Å². The number of piperazine rings is 1. The van der Waals surface area contributed by atoms with E-state index >= 15 is 0 Å². The molecule has 5 heterocycles. The van der Waals surface area contributed by atoms with Crippen molar-refractivity contribution < 1.29 is 43.4 Å². The molecular weight excluding hydrogens is 497 g/mol. The average molecular weight is 527 g/mol. The van der Waals surface area contributed by atoms with Crippen LogP contribution < -0.4 is 44.9 Å². The first-order valence-corrected chi connectivity index (χ1v) is 12.3. The van der Waals surface area contributed by atoms with Crippen LogP contribution in [-0.4, -0.2) is 87.3 Å². The van der Waals surface area contributed by atoms with Crippen LogP contribution in [0.3, 0.4) is 0 Å². The van der Waals surface area contributed by atoms with Crippen molar-refractivity contribution in [3.8, 4) is 17.3 Å². The third-order valence-electron chi connectivity index (χ3n) is 6.60. The summed E-state index contributed by atoms with van der Waals surface area (Å²) in [5, 5.41) is 9.83. The van der Waals surface area contributed by atoms with Crippen LogP contribution in [0.25, 0.3) is 28.3 Å². The van der Waals surface area contributed by atoms with Crippen LogP contribution in [0.1, 0.15) is 0 Å². The normalized spacial score (nSPS) is 14.3. The minimum atomic E-state index is 0. The van der Waals surface area contributed by atoms with Gasteiger partial charge in [0.05, 0.1) is 31.0 Å². The summed E-state index contributed by atoms with van der Waals surface area (Å²) in [5.74, 6) is 2.16. The van der Waals surface area contributed by atoms with Gasteiger partial charge in [-0.3, -0.25) is 4.90 Å². The Bertz CT molecular complexity index is 1480. The summed E-state index contributed by atoms with van der Waals surface area (Å²) < 4.78 is 19.6. The maximum Gasteiger partial charge on any atom is 1.00 e. The first-order chi connectivity index (χ1) is 18.2. The van der Waals surface area contributed by atoms with Gasteiger partial charge in [0.25, 0.3) is 0 Å². The molecule has 12 nitrogen and oxygen atoms in total. The minimum Gasteiger partial charge on any atom is -0.491 e. The topological polar surface area (TPSA) is 125 Å². The summed E-state index contributed by atoms with van der Waals surface area (Å²) in [4.78, 5) is 14.0. The first-order valence-electron chi connectivity index (χ1n) is 12.3. The number of rotatable bonds is 9. The van der Waals surface area contributed by atoms with E-state index in [9.17, 15) is 0 Å². The van der Waals surface area contributed by atoms with Gasteiger partial charge in [-0.15, -0.1) is 5.10 Å². The van der Waals surface area contributed by atoms with Crippen molar-refractivity contribution in [2.24, 2.45) is 0 Å².